The van der Waals surface area contributed by atoms with Gasteiger partial charge in [0.1, 0.15) is 18.7 Å². The van der Waals surface area contributed by atoms with Crippen molar-refractivity contribution in [3.8, 4) is 0 Å². The Labute approximate surface area is 277 Å². The molecular weight excluding hydrogens is 631 g/mol. The number of benzene rings is 3. The second kappa shape index (κ2) is 21.2. The number of carbonyl (C=O) groups is 4. The van der Waals surface area contributed by atoms with Gasteiger partial charge in [-0.05, 0) is 16.7 Å². The first-order valence-electron chi connectivity index (χ1n) is 14.4. The van der Waals surface area contributed by atoms with Gasteiger partial charge < -0.3 is 25.4 Å². The first kappa shape index (κ1) is 35.9. The molecule has 2 unspecified atom stereocenters. The average molecular weight is 670 g/mol. The van der Waals surface area contributed by atoms with Crippen molar-refractivity contribution in [2.45, 2.75) is 36.6 Å². The minimum absolute atomic E-state index is 0.0347. The molecule has 2 atom stereocenters. The standard InChI is InChI=1S/C33H39N3O6S3/c1-41-32(39)29(23-45-24-44-21-27-15-9-4-10-16-27)36-31(38)28(22-43-20-26-13-7-3-8-14-26)35-30(37)17-18-34-33(40)42-19-25-11-5-2-6-12-25/h2-16,28-29H,17-24H2,1H3,(H,34,40)(H,35,37)(H,36,38). The minimum atomic E-state index is -0.902. The van der Waals surface area contributed by atoms with Crippen LogP contribution < -0.4 is 16.0 Å². The Bertz CT molecular complexity index is 1320. The van der Waals surface area contributed by atoms with E-state index in [-0.39, 0.29) is 25.3 Å². The molecule has 0 spiro atoms. The van der Waals surface area contributed by atoms with E-state index in [0.29, 0.717) is 11.5 Å². The van der Waals surface area contributed by atoms with Gasteiger partial charge in [-0.15, -0.1) is 23.5 Å². The molecule has 0 aliphatic heterocycles. The minimum Gasteiger partial charge on any atom is -0.467 e. The zero-order valence-electron chi connectivity index (χ0n) is 25.1. The predicted molar refractivity (Wildman–Crippen MR) is 183 cm³/mol. The molecule has 9 nitrogen and oxygen atoms in total. The summed E-state index contributed by atoms with van der Waals surface area (Å²) in [5, 5.41) is 8.82. The largest absolute Gasteiger partial charge is 0.467 e. The van der Waals surface area contributed by atoms with Crippen LogP contribution in [0.4, 0.5) is 4.79 Å². The Morgan fingerprint density at radius 3 is 1.84 bits per heavy atom. The lowest BCUT2D eigenvalue weighted by Crippen LogP contribution is -2.53. The van der Waals surface area contributed by atoms with Crippen LogP contribution in [0.25, 0.3) is 0 Å². The number of hydrogen-bond acceptors (Lipinski definition) is 9. The summed E-state index contributed by atoms with van der Waals surface area (Å²) in [6, 6.07) is 27.4. The van der Waals surface area contributed by atoms with Gasteiger partial charge in [0.2, 0.25) is 11.8 Å². The Kier molecular flexibility index (Phi) is 16.9. The van der Waals surface area contributed by atoms with Crippen molar-refractivity contribution in [2.75, 3.05) is 30.2 Å². The Balaban J connectivity index is 1.49. The van der Waals surface area contributed by atoms with Crippen molar-refractivity contribution in [3.05, 3.63) is 108 Å². The zero-order chi connectivity index (χ0) is 32.1. The van der Waals surface area contributed by atoms with E-state index in [4.69, 9.17) is 9.47 Å². The molecule has 0 saturated heterocycles. The number of esters is 1. The van der Waals surface area contributed by atoms with Gasteiger partial charge in [-0.3, -0.25) is 9.59 Å². The summed E-state index contributed by atoms with van der Waals surface area (Å²) in [4.78, 5) is 50.7. The fraction of sp³-hybridized carbons (Fsp3) is 0.333. The summed E-state index contributed by atoms with van der Waals surface area (Å²) in [6.45, 7) is 0.151. The fourth-order valence-corrected chi connectivity index (χ4v) is 7.00. The molecule has 0 heterocycles. The highest BCUT2D eigenvalue weighted by atomic mass is 32.2. The van der Waals surface area contributed by atoms with Crippen molar-refractivity contribution >= 4 is 59.2 Å². The second-order valence-corrected chi connectivity index (χ2v) is 13.2. The molecule has 3 aromatic rings. The van der Waals surface area contributed by atoms with E-state index in [2.05, 4.69) is 28.1 Å². The highest BCUT2D eigenvalue weighted by molar-refractivity contribution is 8.15. The van der Waals surface area contributed by atoms with Crippen molar-refractivity contribution in [1.82, 2.24) is 16.0 Å². The van der Waals surface area contributed by atoms with E-state index in [1.807, 2.05) is 78.9 Å². The third-order valence-electron chi connectivity index (χ3n) is 6.25. The lowest BCUT2D eigenvalue weighted by molar-refractivity contribution is -0.144. The van der Waals surface area contributed by atoms with E-state index >= 15 is 0 Å². The van der Waals surface area contributed by atoms with Crippen LogP contribution in [0.2, 0.25) is 0 Å². The van der Waals surface area contributed by atoms with Gasteiger partial charge in [-0.2, -0.15) is 11.8 Å². The highest BCUT2D eigenvalue weighted by Gasteiger charge is 2.27. The van der Waals surface area contributed by atoms with Crippen molar-refractivity contribution in [3.63, 3.8) is 0 Å². The van der Waals surface area contributed by atoms with Crippen LogP contribution in [0.15, 0.2) is 91.0 Å². The van der Waals surface area contributed by atoms with Gasteiger partial charge in [-0.1, -0.05) is 91.0 Å². The van der Waals surface area contributed by atoms with Gasteiger partial charge in [-0.25, -0.2) is 9.59 Å². The maximum absolute atomic E-state index is 13.4. The zero-order valence-corrected chi connectivity index (χ0v) is 27.6. The number of methoxy groups -OCH3 is 1. The number of thioether (sulfide) groups is 3. The molecule has 45 heavy (non-hydrogen) atoms. The molecule has 0 bridgehead atoms. The molecule has 3 amide bonds. The van der Waals surface area contributed by atoms with Gasteiger partial charge in [0.05, 0.1) is 7.11 Å². The lowest BCUT2D eigenvalue weighted by Gasteiger charge is -2.22. The normalized spacial score (nSPS) is 11.9. The topological polar surface area (TPSA) is 123 Å². The molecule has 3 aromatic carbocycles. The summed E-state index contributed by atoms with van der Waals surface area (Å²) in [6.07, 6.45) is -0.692. The van der Waals surface area contributed by atoms with Gasteiger partial charge in [0, 0.05) is 41.1 Å². The summed E-state index contributed by atoms with van der Waals surface area (Å²) in [7, 11) is 1.28. The first-order valence-corrected chi connectivity index (χ1v) is 17.8. The van der Waals surface area contributed by atoms with Crippen LogP contribution in [0.5, 0.6) is 0 Å². The molecular formula is C33H39N3O6S3. The Morgan fingerprint density at radius 1 is 0.689 bits per heavy atom. The van der Waals surface area contributed by atoms with Crippen molar-refractivity contribution in [2.24, 2.45) is 0 Å². The third kappa shape index (κ3) is 14.8. The fourth-order valence-electron chi connectivity index (χ4n) is 3.91. The molecule has 0 aromatic heterocycles. The van der Waals surface area contributed by atoms with Crippen LogP contribution >= 0.6 is 35.3 Å². The van der Waals surface area contributed by atoms with Gasteiger partial charge in [0.25, 0.3) is 0 Å². The van der Waals surface area contributed by atoms with Gasteiger partial charge >= 0.3 is 12.1 Å². The summed E-state index contributed by atoms with van der Waals surface area (Å²) >= 11 is 4.74. The summed E-state index contributed by atoms with van der Waals surface area (Å²) < 4.78 is 10.1. The maximum atomic E-state index is 13.4. The van der Waals surface area contributed by atoms with Gasteiger partial charge in [0.15, 0.2) is 0 Å². The molecule has 0 aliphatic carbocycles. The van der Waals surface area contributed by atoms with E-state index in [1.165, 1.54) is 36.2 Å². The van der Waals surface area contributed by atoms with Crippen LogP contribution in [0.3, 0.4) is 0 Å². The molecule has 3 N–H and O–H groups in total. The van der Waals surface area contributed by atoms with E-state index in [9.17, 15) is 19.2 Å². The maximum Gasteiger partial charge on any atom is 0.407 e. The Morgan fingerprint density at radius 2 is 1.24 bits per heavy atom. The van der Waals surface area contributed by atoms with E-state index < -0.39 is 36.0 Å². The molecule has 0 saturated carbocycles. The number of ether oxygens (including phenoxy) is 2. The third-order valence-corrected chi connectivity index (χ3v) is 9.79. The number of nitrogens with one attached hydrogen (secondary N) is 3. The molecule has 0 fully saturated rings. The van der Waals surface area contributed by atoms with E-state index in [1.54, 1.807) is 11.8 Å². The molecule has 3 rings (SSSR count). The predicted octanol–water partition coefficient (Wildman–Crippen LogP) is 5.00. The highest BCUT2D eigenvalue weighted by Crippen LogP contribution is 2.19. The number of alkyl carbamates (subject to hydrolysis) is 1. The average Bonchev–Trinajstić information content (AvgIpc) is 3.07. The van der Waals surface area contributed by atoms with Crippen LogP contribution in [-0.4, -0.2) is 66.2 Å². The second-order valence-electron chi connectivity index (χ2n) is 9.77. The van der Waals surface area contributed by atoms with Crippen LogP contribution in [-0.2, 0) is 42.0 Å². The molecule has 240 valence electrons. The quantitative estimate of drug-likeness (QED) is 0.0920. The summed E-state index contributed by atoms with van der Waals surface area (Å²) in [5.74, 6) is 0.649. The smallest absolute Gasteiger partial charge is 0.407 e. The van der Waals surface area contributed by atoms with Crippen LogP contribution in [0, 0.1) is 0 Å². The molecule has 0 radical (unpaired) electrons. The number of hydrogen-bond donors (Lipinski definition) is 3. The van der Waals surface area contributed by atoms with Crippen molar-refractivity contribution < 1.29 is 28.7 Å². The van der Waals surface area contributed by atoms with Crippen LogP contribution in [0.1, 0.15) is 23.1 Å². The lowest BCUT2D eigenvalue weighted by atomic mass is 10.2. The van der Waals surface area contributed by atoms with Crippen molar-refractivity contribution in [1.29, 1.82) is 0 Å². The number of amides is 3. The number of carbonyl (C=O) groups excluding carboxylic acids is 4. The number of rotatable bonds is 19. The molecule has 12 heteroatoms. The monoisotopic (exact) mass is 669 g/mol. The summed E-state index contributed by atoms with van der Waals surface area (Å²) in [5.41, 5.74) is 3.15. The van der Waals surface area contributed by atoms with E-state index in [0.717, 1.165) is 22.0 Å². The molecule has 0 aliphatic rings. The Hall–Kier alpha value is -3.61. The SMILES string of the molecule is COC(=O)C(CSCSCc1ccccc1)NC(=O)C(CSCc1ccccc1)NC(=O)CCNC(=O)OCc1ccccc1. The first-order chi connectivity index (χ1) is 21.9.